The molecule has 0 aliphatic rings. The van der Waals surface area contributed by atoms with E-state index in [-0.39, 0.29) is 0 Å². The highest BCUT2D eigenvalue weighted by molar-refractivity contribution is 7.90. The normalized spacial score (nSPS) is 13.8. The molecule has 0 rings (SSSR count). The van der Waals surface area contributed by atoms with Gasteiger partial charge in [-0.25, -0.2) is 8.42 Å². The Morgan fingerprint density at radius 3 is 1.56 bits per heavy atom. The van der Waals surface area contributed by atoms with Gasteiger partial charge in [0.15, 0.2) is 0 Å². The molecule has 0 saturated carbocycles. The van der Waals surface area contributed by atoms with Crippen LogP contribution in [0.1, 0.15) is 20.8 Å². The number of hydrogen-bond donors (Lipinski definition) is 0. The van der Waals surface area contributed by atoms with Crippen LogP contribution in [0, 0.1) is 0 Å². The van der Waals surface area contributed by atoms with Crippen LogP contribution in [0.25, 0.3) is 0 Å². The fourth-order valence-corrected chi connectivity index (χ4v) is 0.822. The average Bonchev–Trinajstić information content (AvgIpc) is 1.64. The Morgan fingerprint density at radius 1 is 1.22 bits per heavy atom. The average molecular weight is 150 g/mol. The minimum Gasteiger partial charge on any atom is -0.210 e. The van der Waals surface area contributed by atoms with Crippen molar-refractivity contribution >= 4 is 10.0 Å². The molecule has 0 aromatic rings. The molecule has 0 aromatic heterocycles. The summed E-state index contributed by atoms with van der Waals surface area (Å²) >= 11 is 0. The van der Waals surface area contributed by atoms with E-state index in [2.05, 4.69) is 4.72 Å². The lowest BCUT2D eigenvalue weighted by Crippen LogP contribution is -2.33. The van der Waals surface area contributed by atoms with Crippen molar-refractivity contribution in [3.8, 4) is 0 Å². The van der Waals surface area contributed by atoms with Gasteiger partial charge in [-0.15, -0.1) is 4.72 Å². The first-order chi connectivity index (χ1) is 3.81. The number of hydrogen-bond acceptors (Lipinski definition) is 2. The Morgan fingerprint density at radius 2 is 1.56 bits per heavy atom. The molecule has 4 heteroatoms. The first-order valence-corrected chi connectivity index (χ1v) is 4.11. The second-order valence-electron chi connectivity index (χ2n) is 2.77. The van der Waals surface area contributed by atoms with Crippen molar-refractivity contribution in [1.29, 1.82) is 0 Å². The predicted octanol–water partition coefficient (Wildman–Crippen LogP) is 0.349. The van der Waals surface area contributed by atoms with Crippen LogP contribution < -0.4 is 4.72 Å². The molecule has 0 aliphatic carbocycles. The second kappa shape index (κ2) is 2.27. The Labute approximate surface area is 56.5 Å². The van der Waals surface area contributed by atoms with Crippen LogP contribution >= 0.6 is 0 Å². The lowest BCUT2D eigenvalue weighted by atomic mass is 10.3. The van der Waals surface area contributed by atoms with E-state index in [0.29, 0.717) is 0 Å². The predicted molar refractivity (Wildman–Crippen MR) is 36.7 cm³/mol. The molecule has 0 heterocycles. The van der Waals surface area contributed by atoms with Crippen molar-refractivity contribution in [2.45, 2.75) is 25.5 Å². The third-order valence-corrected chi connectivity index (χ3v) is 3.04. The summed E-state index contributed by atoms with van der Waals surface area (Å²) in [6.45, 7) is 4.86. The van der Waals surface area contributed by atoms with Gasteiger partial charge in [0.1, 0.15) is 0 Å². The largest absolute Gasteiger partial charge is 0.232 e. The van der Waals surface area contributed by atoms with Gasteiger partial charge >= 0.3 is 0 Å². The van der Waals surface area contributed by atoms with Gasteiger partial charge < -0.3 is 0 Å². The second-order valence-corrected chi connectivity index (χ2v) is 5.31. The Hall–Kier alpha value is -0.0900. The molecule has 0 fully saturated rings. The first kappa shape index (κ1) is 8.91. The number of nitrogens with zero attached hydrogens (tertiary/aromatic N) is 1. The van der Waals surface area contributed by atoms with Crippen molar-refractivity contribution in [3.05, 3.63) is 0 Å². The van der Waals surface area contributed by atoms with Crippen LogP contribution in [0.5, 0.6) is 0 Å². The van der Waals surface area contributed by atoms with Gasteiger partial charge in [0.05, 0.1) is 4.75 Å². The van der Waals surface area contributed by atoms with Gasteiger partial charge in [-0.3, -0.25) is 0 Å². The zero-order valence-electron chi connectivity index (χ0n) is 6.17. The van der Waals surface area contributed by atoms with E-state index in [0.717, 1.165) is 0 Å². The van der Waals surface area contributed by atoms with Crippen LogP contribution in [-0.4, -0.2) is 20.2 Å². The molecule has 1 radical (unpaired) electrons. The SMILES string of the molecule is C[N]S(=O)(=O)C(C)(C)C. The molecule has 55 valence electrons. The van der Waals surface area contributed by atoms with E-state index in [4.69, 9.17) is 0 Å². The van der Waals surface area contributed by atoms with Gasteiger partial charge in [-0.05, 0) is 20.8 Å². The van der Waals surface area contributed by atoms with Crippen LogP contribution in [0.15, 0.2) is 0 Å². The molecule has 0 amide bonds. The highest BCUT2D eigenvalue weighted by atomic mass is 32.2. The Bertz CT molecular complexity index is 176. The third kappa shape index (κ3) is 1.95. The molecule has 0 unspecified atom stereocenters. The van der Waals surface area contributed by atoms with Crippen molar-refractivity contribution in [3.63, 3.8) is 0 Å². The molecule has 0 aliphatic heterocycles. The molecular formula is C5H12NO2S. The lowest BCUT2D eigenvalue weighted by Gasteiger charge is -2.15. The van der Waals surface area contributed by atoms with Gasteiger partial charge in [0.25, 0.3) is 0 Å². The zero-order chi connectivity index (χ0) is 7.71. The van der Waals surface area contributed by atoms with E-state index in [1.54, 1.807) is 20.8 Å². The number of rotatable bonds is 1. The standard InChI is InChI=1S/C5H12NO2S/c1-5(2,3)9(7,8)6-4/h1-4H3. The van der Waals surface area contributed by atoms with Crippen molar-refractivity contribution < 1.29 is 8.42 Å². The Kier molecular flexibility index (Phi) is 2.24. The summed E-state index contributed by atoms with van der Waals surface area (Å²) in [6.07, 6.45) is 0. The van der Waals surface area contributed by atoms with Crippen molar-refractivity contribution in [2.24, 2.45) is 0 Å². The lowest BCUT2D eigenvalue weighted by molar-refractivity contribution is 0.550. The van der Waals surface area contributed by atoms with Gasteiger partial charge in [0, 0.05) is 7.05 Å². The fourth-order valence-electron chi connectivity index (χ4n) is 0.274. The third-order valence-electron chi connectivity index (χ3n) is 1.01. The summed E-state index contributed by atoms with van der Waals surface area (Å²) in [7, 11) is -1.92. The van der Waals surface area contributed by atoms with Gasteiger partial charge in [-0.1, -0.05) is 0 Å². The summed E-state index contributed by atoms with van der Waals surface area (Å²) in [5.74, 6) is 0. The van der Waals surface area contributed by atoms with Gasteiger partial charge in [-0.2, -0.15) is 0 Å². The fraction of sp³-hybridized carbons (Fsp3) is 1.00. The minimum atomic E-state index is -3.21. The highest BCUT2D eigenvalue weighted by Gasteiger charge is 2.27. The van der Waals surface area contributed by atoms with E-state index in [1.807, 2.05) is 0 Å². The van der Waals surface area contributed by atoms with E-state index in [9.17, 15) is 8.42 Å². The minimum absolute atomic E-state index is 0.748. The van der Waals surface area contributed by atoms with E-state index < -0.39 is 14.8 Å². The van der Waals surface area contributed by atoms with Crippen LogP contribution in [0.3, 0.4) is 0 Å². The molecule has 0 spiro atoms. The summed E-state index contributed by atoms with van der Waals surface area (Å²) in [5, 5.41) is 0. The van der Waals surface area contributed by atoms with E-state index in [1.165, 1.54) is 7.05 Å². The molecule has 9 heavy (non-hydrogen) atoms. The first-order valence-electron chi connectivity index (χ1n) is 2.67. The Balaban J connectivity index is 4.57. The summed E-state index contributed by atoms with van der Waals surface area (Å²) in [5.41, 5.74) is 0. The molecular weight excluding hydrogens is 138 g/mol. The van der Waals surface area contributed by atoms with Crippen LogP contribution in [0.4, 0.5) is 0 Å². The highest BCUT2D eigenvalue weighted by Crippen LogP contribution is 2.12. The monoisotopic (exact) mass is 150 g/mol. The number of sulfonamides is 1. The molecule has 3 nitrogen and oxygen atoms in total. The van der Waals surface area contributed by atoms with Crippen LogP contribution in [-0.2, 0) is 10.0 Å². The maximum atomic E-state index is 10.9. The molecule has 0 atom stereocenters. The van der Waals surface area contributed by atoms with Gasteiger partial charge in [0.2, 0.25) is 10.0 Å². The molecule has 0 saturated heterocycles. The molecule has 0 N–H and O–H groups in total. The smallest absolute Gasteiger partial charge is 0.210 e. The quantitative estimate of drug-likeness (QED) is 0.541. The topological polar surface area (TPSA) is 48.2 Å². The maximum absolute atomic E-state index is 10.9. The van der Waals surface area contributed by atoms with Crippen molar-refractivity contribution in [1.82, 2.24) is 4.72 Å². The zero-order valence-corrected chi connectivity index (χ0v) is 6.99. The van der Waals surface area contributed by atoms with Crippen LogP contribution in [0.2, 0.25) is 0 Å². The molecule has 0 bridgehead atoms. The summed E-state index contributed by atoms with van der Waals surface area (Å²) in [6, 6.07) is 0. The maximum Gasteiger partial charge on any atom is 0.232 e. The van der Waals surface area contributed by atoms with E-state index >= 15 is 0 Å². The molecule has 0 aromatic carbocycles. The summed E-state index contributed by atoms with van der Waals surface area (Å²) < 4.78 is 24.2. The van der Waals surface area contributed by atoms with Crippen molar-refractivity contribution in [2.75, 3.05) is 7.05 Å². The summed E-state index contributed by atoms with van der Waals surface area (Å²) in [4.78, 5) is 0.